The largest absolute Gasteiger partial charge is 0.691 e. The van der Waals surface area contributed by atoms with E-state index in [2.05, 4.69) is 9.37 Å². The molecule has 1 aromatic heterocycles. The summed E-state index contributed by atoms with van der Waals surface area (Å²) < 4.78 is 5.59. The van der Waals surface area contributed by atoms with Crippen molar-refractivity contribution in [3.63, 3.8) is 0 Å². The first-order valence-electron chi connectivity index (χ1n) is 2.63. The van der Waals surface area contributed by atoms with Crippen molar-refractivity contribution < 1.29 is 14.6 Å². The van der Waals surface area contributed by atoms with Crippen LogP contribution in [0.3, 0.4) is 0 Å². The number of thiophene rings is 1. The van der Waals surface area contributed by atoms with Crippen molar-refractivity contribution in [3.8, 4) is 0 Å². The number of aryl methyl sites for hydroxylation is 1. The van der Waals surface area contributed by atoms with Crippen LogP contribution in [0.15, 0.2) is 10.3 Å². The van der Waals surface area contributed by atoms with Gasteiger partial charge in [-0.15, -0.1) is 11.3 Å². The number of hydrogen-bond acceptors (Lipinski definition) is 5. The Morgan fingerprint density at radius 2 is 2.45 bits per heavy atom. The third-order valence-corrected chi connectivity index (χ3v) is 3.19. The normalized spacial score (nSPS) is 10.5. The Labute approximate surface area is 77.0 Å². The molecule has 0 aliphatic rings. The second kappa shape index (κ2) is 4.30. The Bertz CT molecular complexity index is 218. The summed E-state index contributed by atoms with van der Waals surface area (Å²) >= 11 is 7.93. The summed E-state index contributed by atoms with van der Waals surface area (Å²) in [6, 6.07) is 1.82. The average Bonchev–Trinajstić information content (AvgIpc) is 2.28. The summed E-state index contributed by atoms with van der Waals surface area (Å²) in [7, 11) is 0. The molecule has 62 valence electrons. The highest BCUT2D eigenvalue weighted by atomic mass is 35.5. The average molecular weight is 212 g/mol. The van der Waals surface area contributed by atoms with Gasteiger partial charge in [-0.05, 0) is 18.6 Å². The molecule has 0 radical (unpaired) electrons. The molecule has 0 saturated carbocycles. The molecule has 0 unspecified atom stereocenters. The van der Waals surface area contributed by atoms with Gasteiger partial charge in [0.15, 0.2) is 0 Å². The molecule has 0 aliphatic carbocycles. The Balaban J connectivity index is 2.58. The standard InChI is InChI=1S/C5H5ClO3S2/c1-3-2-4(10-5(3)6)11-9-8-7/h2,7H,1H3/p-1. The number of hydrogen-bond donors (Lipinski definition) is 0. The van der Waals surface area contributed by atoms with Crippen molar-refractivity contribution in [2.75, 3.05) is 0 Å². The van der Waals surface area contributed by atoms with Crippen LogP contribution in [0, 0.1) is 6.92 Å². The minimum atomic E-state index is 0.696. The molecule has 3 nitrogen and oxygen atoms in total. The summed E-state index contributed by atoms with van der Waals surface area (Å²) in [4.78, 5) is 0. The summed E-state index contributed by atoms with van der Waals surface area (Å²) in [5.74, 6) is 0. The first-order valence-corrected chi connectivity index (χ1v) is 4.56. The molecule has 0 fully saturated rings. The lowest BCUT2D eigenvalue weighted by Crippen LogP contribution is -2.00. The van der Waals surface area contributed by atoms with Gasteiger partial charge in [-0.1, -0.05) is 11.6 Å². The zero-order chi connectivity index (χ0) is 8.27. The second-order valence-electron chi connectivity index (χ2n) is 1.74. The molecule has 0 amide bonds. The topological polar surface area (TPSA) is 41.5 Å². The predicted molar refractivity (Wildman–Crippen MR) is 42.1 cm³/mol. The van der Waals surface area contributed by atoms with E-state index in [9.17, 15) is 5.26 Å². The van der Waals surface area contributed by atoms with Gasteiger partial charge in [0, 0.05) is 0 Å². The smallest absolute Gasteiger partial charge is 0.0970 e. The van der Waals surface area contributed by atoms with Crippen LogP contribution >= 0.6 is 35.0 Å². The minimum Gasteiger partial charge on any atom is -0.691 e. The summed E-state index contributed by atoms with van der Waals surface area (Å²) in [6.07, 6.45) is 0. The Hall–Kier alpha value is 0.220. The molecule has 1 heterocycles. The van der Waals surface area contributed by atoms with E-state index in [1.165, 1.54) is 11.3 Å². The summed E-state index contributed by atoms with van der Waals surface area (Å²) in [5, 5.41) is 12.6. The summed E-state index contributed by atoms with van der Waals surface area (Å²) in [6.45, 7) is 1.88. The molecule has 0 aliphatic heterocycles. The molecule has 6 heteroatoms. The first kappa shape index (κ1) is 9.31. The Morgan fingerprint density at radius 1 is 1.73 bits per heavy atom. The van der Waals surface area contributed by atoms with E-state index in [-0.39, 0.29) is 0 Å². The first-order chi connectivity index (χ1) is 5.24. The maximum atomic E-state index is 9.42. The molecule has 0 saturated heterocycles. The van der Waals surface area contributed by atoms with E-state index in [0.29, 0.717) is 4.34 Å². The van der Waals surface area contributed by atoms with Gasteiger partial charge < -0.3 is 5.26 Å². The number of rotatable bonds is 3. The van der Waals surface area contributed by atoms with Crippen LogP contribution in [0.5, 0.6) is 0 Å². The highest BCUT2D eigenvalue weighted by Crippen LogP contribution is 2.33. The fourth-order valence-electron chi connectivity index (χ4n) is 0.520. The van der Waals surface area contributed by atoms with E-state index in [4.69, 9.17) is 11.6 Å². The van der Waals surface area contributed by atoms with Crippen molar-refractivity contribution >= 4 is 35.0 Å². The van der Waals surface area contributed by atoms with Crippen LogP contribution in [-0.2, 0) is 9.37 Å². The SMILES string of the molecule is Cc1cc(SOO[O-])sc1Cl. The molecule has 0 bridgehead atoms. The zero-order valence-electron chi connectivity index (χ0n) is 5.50. The van der Waals surface area contributed by atoms with Crippen molar-refractivity contribution in [2.45, 2.75) is 11.1 Å². The molecule has 11 heavy (non-hydrogen) atoms. The van der Waals surface area contributed by atoms with Gasteiger partial charge in [-0.2, -0.15) is 4.33 Å². The highest BCUT2D eigenvalue weighted by molar-refractivity contribution is 7.96. The van der Waals surface area contributed by atoms with Gasteiger partial charge >= 0.3 is 0 Å². The molecule has 0 aromatic carbocycles. The fourth-order valence-corrected chi connectivity index (χ4v) is 2.38. The lowest BCUT2D eigenvalue weighted by atomic mass is 10.4. The quantitative estimate of drug-likeness (QED) is 0.435. The maximum absolute atomic E-state index is 9.42. The maximum Gasteiger partial charge on any atom is 0.0970 e. The molecule has 1 rings (SSSR count). The molecule has 1 aromatic rings. The van der Waals surface area contributed by atoms with Gasteiger partial charge in [0.1, 0.15) is 0 Å². The lowest BCUT2D eigenvalue weighted by Gasteiger charge is -2.00. The van der Waals surface area contributed by atoms with E-state index in [1.54, 1.807) is 0 Å². The van der Waals surface area contributed by atoms with Gasteiger partial charge in [0.2, 0.25) is 0 Å². The predicted octanol–water partition coefficient (Wildman–Crippen LogP) is 1.94. The van der Waals surface area contributed by atoms with Crippen LogP contribution in [0.1, 0.15) is 5.56 Å². The Kier molecular flexibility index (Phi) is 3.64. The van der Waals surface area contributed by atoms with Gasteiger partial charge in [0.25, 0.3) is 0 Å². The Morgan fingerprint density at radius 3 is 2.91 bits per heavy atom. The monoisotopic (exact) mass is 211 g/mol. The third kappa shape index (κ3) is 2.62. The van der Waals surface area contributed by atoms with Crippen molar-refractivity contribution in [1.82, 2.24) is 0 Å². The number of halogens is 1. The van der Waals surface area contributed by atoms with Crippen LogP contribution in [0.4, 0.5) is 0 Å². The van der Waals surface area contributed by atoms with Crippen molar-refractivity contribution in [3.05, 3.63) is 16.0 Å². The van der Waals surface area contributed by atoms with E-state index in [0.717, 1.165) is 21.8 Å². The molecule has 0 N–H and O–H groups in total. The fraction of sp³-hybridized carbons (Fsp3) is 0.200. The molecular weight excluding hydrogens is 208 g/mol. The summed E-state index contributed by atoms with van der Waals surface area (Å²) in [5.41, 5.74) is 0.966. The second-order valence-corrected chi connectivity index (χ2v) is 4.40. The van der Waals surface area contributed by atoms with E-state index >= 15 is 0 Å². The van der Waals surface area contributed by atoms with Crippen LogP contribution in [0.25, 0.3) is 0 Å². The molecule has 0 spiro atoms. The van der Waals surface area contributed by atoms with Crippen LogP contribution < -0.4 is 5.26 Å². The minimum absolute atomic E-state index is 0.696. The molecule has 0 atom stereocenters. The van der Waals surface area contributed by atoms with E-state index < -0.39 is 0 Å². The third-order valence-electron chi connectivity index (χ3n) is 0.979. The van der Waals surface area contributed by atoms with E-state index in [1.807, 2.05) is 13.0 Å². The van der Waals surface area contributed by atoms with Gasteiger partial charge in [-0.25, -0.2) is 0 Å². The van der Waals surface area contributed by atoms with Crippen LogP contribution in [0.2, 0.25) is 4.34 Å². The van der Waals surface area contributed by atoms with Crippen molar-refractivity contribution in [2.24, 2.45) is 0 Å². The van der Waals surface area contributed by atoms with Crippen molar-refractivity contribution in [1.29, 1.82) is 0 Å². The van der Waals surface area contributed by atoms with Crippen LogP contribution in [-0.4, -0.2) is 0 Å². The highest BCUT2D eigenvalue weighted by Gasteiger charge is 2.03. The molecular formula is C5H4ClO3S2-. The van der Waals surface area contributed by atoms with Gasteiger partial charge in [0.05, 0.1) is 20.6 Å². The van der Waals surface area contributed by atoms with Gasteiger partial charge in [-0.3, -0.25) is 5.04 Å². The lowest BCUT2D eigenvalue weighted by molar-refractivity contribution is -0.777. The zero-order valence-corrected chi connectivity index (χ0v) is 7.89.